The van der Waals surface area contributed by atoms with Crippen molar-refractivity contribution in [3.8, 4) is 21.7 Å². The van der Waals surface area contributed by atoms with Gasteiger partial charge in [-0.15, -0.1) is 11.3 Å². The van der Waals surface area contributed by atoms with Crippen LogP contribution in [-0.2, 0) is 0 Å². The quantitative estimate of drug-likeness (QED) is 0.640. The number of hydrogen-bond donors (Lipinski definition) is 0. The van der Waals surface area contributed by atoms with Gasteiger partial charge in [0.2, 0.25) is 0 Å². The van der Waals surface area contributed by atoms with Crippen LogP contribution in [0.2, 0.25) is 0 Å². The van der Waals surface area contributed by atoms with Gasteiger partial charge in [-0.3, -0.25) is 4.98 Å². The first-order valence-corrected chi connectivity index (χ1v) is 6.37. The predicted octanol–water partition coefficient (Wildman–Crippen LogP) is 4.48. The molecule has 17 heavy (non-hydrogen) atoms. The molecule has 0 aliphatic rings. The van der Waals surface area contributed by atoms with Crippen LogP contribution in [0.5, 0.6) is 0 Å². The summed E-state index contributed by atoms with van der Waals surface area (Å²) >= 11 is 1.72. The average Bonchev–Trinajstić information content (AvgIpc) is 2.94. The van der Waals surface area contributed by atoms with Crippen LogP contribution >= 0.6 is 11.3 Å². The Morgan fingerprint density at radius 3 is 2.29 bits per heavy atom. The summed E-state index contributed by atoms with van der Waals surface area (Å²) < 4.78 is 0. The smallest absolute Gasteiger partial charge is 0.0802 e. The Hall–Kier alpha value is -1.93. The predicted molar refractivity (Wildman–Crippen MR) is 73.0 cm³/mol. The number of rotatable bonds is 2. The monoisotopic (exact) mass is 237 g/mol. The van der Waals surface area contributed by atoms with Crippen LogP contribution in [0, 0.1) is 0 Å². The standard InChI is InChI=1S/C15H11NS/c1-2-5-12(6-3-1)13-8-9-14(16-11-13)15-7-4-10-17-15/h1-11H. The Morgan fingerprint density at radius 1 is 0.765 bits per heavy atom. The molecule has 0 spiro atoms. The van der Waals surface area contributed by atoms with Gasteiger partial charge in [0, 0.05) is 11.8 Å². The summed E-state index contributed by atoms with van der Waals surface area (Å²) in [6.07, 6.45) is 1.93. The molecular weight excluding hydrogens is 226 g/mol. The van der Waals surface area contributed by atoms with Gasteiger partial charge in [-0.05, 0) is 23.1 Å². The molecule has 0 saturated carbocycles. The van der Waals surface area contributed by atoms with Gasteiger partial charge >= 0.3 is 0 Å². The average molecular weight is 237 g/mol. The molecule has 0 radical (unpaired) electrons. The summed E-state index contributed by atoms with van der Waals surface area (Å²) in [4.78, 5) is 5.72. The zero-order valence-electron chi connectivity index (χ0n) is 9.21. The third-order valence-corrected chi connectivity index (χ3v) is 3.54. The normalized spacial score (nSPS) is 10.4. The summed E-state index contributed by atoms with van der Waals surface area (Å²) in [6.45, 7) is 0. The largest absolute Gasteiger partial charge is 0.255 e. The van der Waals surface area contributed by atoms with Gasteiger partial charge in [0.1, 0.15) is 0 Å². The molecule has 0 aliphatic heterocycles. The van der Waals surface area contributed by atoms with Crippen molar-refractivity contribution in [1.29, 1.82) is 0 Å². The first-order chi connectivity index (χ1) is 8.43. The van der Waals surface area contributed by atoms with Crippen molar-refractivity contribution in [2.45, 2.75) is 0 Å². The van der Waals surface area contributed by atoms with E-state index in [1.807, 2.05) is 30.5 Å². The van der Waals surface area contributed by atoms with Gasteiger partial charge in [-0.1, -0.05) is 42.5 Å². The highest BCUT2D eigenvalue weighted by molar-refractivity contribution is 7.13. The molecule has 82 valence electrons. The van der Waals surface area contributed by atoms with E-state index >= 15 is 0 Å². The van der Waals surface area contributed by atoms with E-state index in [2.05, 4.69) is 40.7 Å². The van der Waals surface area contributed by atoms with E-state index in [4.69, 9.17) is 0 Å². The molecule has 0 fully saturated rings. The molecule has 0 unspecified atom stereocenters. The minimum Gasteiger partial charge on any atom is -0.255 e. The molecule has 0 saturated heterocycles. The molecule has 3 aromatic rings. The maximum atomic E-state index is 4.51. The molecule has 0 bridgehead atoms. The number of nitrogens with zero attached hydrogens (tertiary/aromatic N) is 1. The van der Waals surface area contributed by atoms with Crippen molar-refractivity contribution < 1.29 is 0 Å². The van der Waals surface area contributed by atoms with E-state index in [0.717, 1.165) is 11.3 Å². The van der Waals surface area contributed by atoms with Crippen molar-refractivity contribution in [3.05, 3.63) is 66.2 Å². The molecular formula is C15H11NS. The van der Waals surface area contributed by atoms with Crippen LogP contribution in [0.15, 0.2) is 66.2 Å². The second-order valence-corrected chi connectivity index (χ2v) is 4.72. The van der Waals surface area contributed by atoms with Crippen molar-refractivity contribution in [2.75, 3.05) is 0 Å². The Kier molecular flexibility index (Phi) is 2.72. The van der Waals surface area contributed by atoms with Crippen LogP contribution in [-0.4, -0.2) is 4.98 Å². The van der Waals surface area contributed by atoms with Crippen LogP contribution in [0.3, 0.4) is 0 Å². The Bertz CT molecular complexity index is 583. The molecule has 0 aliphatic carbocycles. The molecule has 2 heteroatoms. The van der Waals surface area contributed by atoms with E-state index in [-0.39, 0.29) is 0 Å². The maximum Gasteiger partial charge on any atom is 0.0802 e. The van der Waals surface area contributed by atoms with Gasteiger partial charge in [0.05, 0.1) is 10.6 Å². The second kappa shape index (κ2) is 4.52. The lowest BCUT2D eigenvalue weighted by Crippen LogP contribution is -1.82. The fourth-order valence-electron chi connectivity index (χ4n) is 1.77. The van der Waals surface area contributed by atoms with Crippen LogP contribution < -0.4 is 0 Å². The van der Waals surface area contributed by atoms with E-state index in [9.17, 15) is 0 Å². The lowest BCUT2D eigenvalue weighted by atomic mass is 10.1. The van der Waals surface area contributed by atoms with E-state index in [0.29, 0.717) is 0 Å². The zero-order chi connectivity index (χ0) is 11.5. The minimum absolute atomic E-state index is 1.04. The zero-order valence-corrected chi connectivity index (χ0v) is 10.0. The lowest BCUT2D eigenvalue weighted by molar-refractivity contribution is 1.34. The highest BCUT2D eigenvalue weighted by Crippen LogP contribution is 2.25. The van der Waals surface area contributed by atoms with E-state index in [1.165, 1.54) is 10.4 Å². The van der Waals surface area contributed by atoms with Gasteiger partial charge in [0.15, 0.2) is 0 Å². The third kappa shape index (κ3) is 2.12. The summed E-state index contributed by atoms with van der Waals surface area (Å²) in [5.41, 5.74) is 3.41. The highest BCUT2D eigenvalue weighted by atomic mass is 32.1. The van der Waals surface area contributed by atoms with Crippen molar-refractivity contribution >= 4 is 11.3 Å². The van der Waals surface area contributed by atoms with Crippen molar-refractivity contribution in [2.24, 2.45) is 0 Å². The first kappa shape index (κ1) is 10.2. The Morgan fingerprint density at radius 2 is 1.65 bits per heavy atom. The van der Waals surface area contributed by atoms with Crippen molar-refractivity contribution in [3.63, 3.8) is 0 Å². The van der Waals surface area contributed by atoms with Crippen LogP contribution in [0.1, 0.15) is 0 Å². The third-order valence-electron chi connectivity index (χ3n) is 2.64. The molecule has 0 N–H and O–H groups in total. The SMILES string of the molecule is c1ccc(-c2ccc(-c3cccs3)nc2)cc1. The topological polar surface area (TPSA) is 12.9 Å². The molecule has 0 atom stereocenters. The Labute approximate surface area is 104 Å². The fraction of sp³-hybridized carbons (Fsp3) is 0. The van der Waals surface area contributed by atoms with Gasteiger partial charge in [-0.25, -0.2) is 0 Å². The summed E-state index contributed by atoms with van der Waals surface area (Å²) in [6, 6.07) is 18.7. The highest BCUT2D eigenvalue weighted by Gasteiger charge is 2.01. The molecule has 1 aromatic carbocycles. The number of benzene rings is 1. The molecule has 0 amide bonds. The van der Waals surface area contributed by atoms with Gasteiger partial charge in [-0.2, -0.15) is 0 Å². The van der Waals surface area contributed by atoms with Crippen LogP contribution in [0.4, 0.5) is 0 Å². The Balaban J connectivity index is 1.96. The minimum atomic E-state index is 1.04. The number of pyridine rings is 1. The second-order valence-electron chi connectivity index (χ2n) is 3.78. The van der Waals surface area contributed by atoms with E-state index in [1.54, 1.807) is 11.3 Å². The molecule has 2 aromatic heterocycles. The van der Waals surface area contributed by atoms with Gasteiger partial charge < -0.3 is 0 Å². The summed E-state index contributed by atoms with van der Waals surface area (Å²) in [5.74, 6) is 0. The number of hydrogen-bond acceptors (Lipinski definition) is 2. The van der Waals surface area contributed by atoms with Crippen molar-refractivity contribution in [1.82, 2.24) is 4.98 Å². The molecule has 3 rings (SSSR count). The first-order valence-electron chi connectivity index (χ1n) is 5.49. The molecule has 1 nitrogen and oxygen atoms in total. The van der Waals surface area contributed by atoms with Gasteiger partial charge in [0.25, 0.3) is 0 Å². The fourth-order valence-corrected chi connectivity index (χ4v) is 2.47. The maximum absolute atomic E-state index is 4.51. The number of thiophene rings is 1. The van der Waals surface area contributed by atoms with Crippen LogP contribution in [0.25, 0.3) is 21.7 Å². The molecule has 2 heterocycles. The number of aromatic nitrogens is 1. The lowest BCUT2D eigenvalue weighted by Gasteiger charge is -2.02. The summed E-state index contributed by atoms with van der Waals surface area (Å²) in [5, 5.41) is 2.07. The van der Waals surface area contributed by atoms with E-state index < -0.39 is 0 Å². The summed E-state index contributed by atoms with van der Waals surface area (Å²) in [7, 11) is 0.